The number of halogens is 1. The summed E-state index contributed by atoms with van der Waals surface area (Å²) in [5.41, 5.74) is 7.05. The zero-order valence-corrected chi connectivity index (χ0v) is 9.04. The van der Waals surface area contributed by atoms with Crippen molar-refractivity contribution in [3.8, 4) is 0 Å². The van der Waals surface area contributed by atoms with E-state index in [9.17, 15) is 4.39 Å². The zero-order valence-electron chi connectivity index (χ0n) is 9.04. The third-order valence-electron chi connectivity index (χ3n) is 2.93. The molecule has 0 bridgehead atoms. The molecule has 2 rings (SSSR count). The maximum atomic E-state index is 13.2. The molecule has 1 heterocycles. The quantitative estimate of drug-likeness (QED) is 0.719. The van der Waals surface area contributed by atoms with E-state index in [0.717, 1.165) is 18.8 Å². The van der Waals surface area contributed by atoms with Crippen LogP contribution in [-0.4, -0.2) is 13.1 Å². The van der Waals surface area contributed by atoms with Gasteiger partial charge in [0.05, 0.1) is 0 Å². The molecule has 0 aliphatic carbocycles. The SMILES string of the molecule is CC1CCCN(c2cc(N)cc(F)c2)C1. The maximum Gasteiger partial charge on any atom is 0.127 e. The lowest BCUT2D eigenvalue weighted by Gasteiger charge is -2.32. The minimum absolute atomic E-state index is 0.247. The largest absolute Gasteiger partial charge is 0.399 e. The monoisotopic (exact) mass is 208 g/mol. The molecule has 1 atom stereocenters. The van der Waals surface area contributed by atoms with Gasteiger partial charge in [-0.15, -0.1) is 0 Å². The molecule has 1 aliphatic heterocycles. The molecule has 1 aromatic carbocycles. The van der Waals surface area contributed by atoms with E-state index in [4.69, 9.17) is 5.73 Å². The highest BCUT2D eigenvalue weighted by Crippen LogP contribution is 2.25. The molecule has 2 N–H and O–H groups in total. The lowest BCUT2D eigenvalue weighted by Crippen LogP contribution is -2.34. The molecule has 1 fully saturated rings. The minimum Gasteiger partial charge on any atom is -0.399 e. The predicted octanol–water partition coefficient (Wildman–Crippen LogP) is 2.64. The Morgan fingerprint density at radius 1 is 1.40 bits per heavy atom. The van der Waals surface area contributed by atoms with Gasteiger partial charge in [0.15, 0.2) is 0 Å². The van der Waals surface area contributed by atoms with E-state index in [2.05, 4.69) is 11.8 Å². The molecule has 2 nitrogen and oxygen atoms in total. The van der Waals surface area contributed by atoms with Crippen molar-refractivity contribution in [1.29, 1.82) is 0 Å². The fourth-order valence-corrected chi connectivity index (χ4v) is 2.20. The van der Waals surface area contributed by atoms with E-state index in [1.807, 2.05) is 6.07 Å². The first-order valence-corrected chi connectivity index (χ1v) is 5.46. The molecule has 0 aromatic heterocycles. The van der Waals surface area contributed by atoms with Crippen molar-refractivity contribution in [2.45, 2.75) is 19.8 Å². The van der Waals surface area contributed by atoms with Gasteiger partial charge < -0.3 is 10.6 Å². The van der Waals surface area contributed by atoms with E-state index in [-0.39, 0.29) is 5.82 Å². The van der Waals surface area contributed by atoms with Crippen LogP contribution in [0.5, 0.6) is 0 Å². The van der Waals surface area contributed by atoms with Crippen molar-refractivity contribution >= 4 is 11.4 Å². The smallest absolute Gasteiger partial charge is 0.127 e. The fraction of sp³-hybridized carbons (Fsp3) is 0.500. The van der Waals surface area contributed by atoms with E-state index >= 15 is 0 Å². The van der Waals surface area contributed by atoms with Gasteiger partial charge in [-0.2, -0.15) is 0 Å². The second-order valence-corrected chi connectivity index (χ2v) is 4.44. The second-order valence-electron chi connectivity index (χ2n) is 4.44. The minimum atomic E-state index is -0.247. The van der Waals surface area contributed by atoms with Gasteiger partial charge in [-0.25, -0.2) is 4.39 Å². The first kappa shape index (κ1) is 10.3. The molecule has 0 amide bonds. The summed E-state index contributed by atoms with van der Waals surface area (Å²) in [6, 6.07) is 4.77. The number of nitrogens with two attached hydrogens (primary N) is 1. The number of hydrogen-bond acceptors (Lipinski definition) is 2. The Bertz CT molecular complexity index is 331. The molecule has 3 heteroatoms. The molecule has 15 heavy (non-hydrogen) atoms. The second kappa shape index (κ2) is 4.09. The van der Waals surface area contributed by atoms with Crippen LogP contribution in [0.1, 0.15) is 19.8 Å². The molecule has 1 aliphatic rings. The summed E-state index contributed by atoms with van der Waals surface area (Å²) in [5, 5.41) is 0. The number of benzene rings is 1. The van der Waals surface area contributed by atoms with Gasteiger partial charge in [0.1, 0.15) is 5.82 Å². The highest BCUT2D eigenvalue weighted by Gasteiger charge is 2.17. The number of hydrogen-bond donors (Lipinski definition) is 1. The summed E-state index contributed by atoms with van der Waals surface area (Å²) in [6.45, 7) is 4.24. The third-order valence-corrected chi connectivity index (χ3v) is 2.93. The van der Waals surface area contributed by atoms with Crippen LogP contribution in [0.15, 0.2) is 18.2 Å². The zero-order chi connectivity index (χ0) is 10.8. The molecule has 1 saturated heterocycles. The number of rotatable bonds is 1. The summed E-state index contributed by atoms with van der Waals surface area (Å²) >= 11 is 0. The maximum absolute atomic E-state index is 13.2. The highest BCUT2D eigenvalue weighted by molar-refractivity contribution is 5.56. The van der Waals surface area contributed by atoms with Crippen molar-refractivity contribution in [3.63, 3.8) is 0 Å². The average molecular weight is 208 g/mol. The van der Waals surface area contributed by atoms with Crippen LogP contribution in [0.2, 0.25) is 0 Å². The summed E-state index contributed by atoms with van der Waals surface area (Å²) in [6.07, 6.45) is 2.44. The molecule has 0 saturated carbocycles. The van der Waals surface area contributed by atoms with Crippen molar-refractivity contribution in [2.24, 2.45) is 5.92 Å². The molecular weight excluding hydrogens is 191 g/mol. The summed E-state index contributed by atoms with van der Waals surface area (Å²) in [4.78, 5) is 2.22. The van der Waals surface area contributed by atoms with E-state index in [1.165, 1.54) is 18.9 Å². The first-order valence-electron chi connectivity index (χ1n) is 5.46. The van der Waals surface area contributed by atoms with Crippen LogP contribution >= 0.6 is 0 Å². The molecule has 1 aromatic rings. The molecule has 0 spiro atoms. The molecule has 0 radical (unpaired) electrons. The fourth-order valence-electron chi connectivity index (χ4n) is 2.20. The highest BCUT2D eigenvalue weighted by atomic mass is 19.1. The van der Waals surface area contributed by atoms with Crippen molar-refractivity contribution in [3.05, 3.63) is 24.0 Å². The standard InChI is InChI=1S/C12H17FN2/c1-9-3-2-4-15(8-9)12-6-10(13)5-11(14)7-12/h5-7,9H,2-4,8,14H2,1H3. The van der Waals surface area contributed by atoms with E-state index in [0.29, 0.717) is 11.6 Å². The van der Waals surface area contributed by atoms with Crippen molar-refractivity contribution in [1.82, 2.24) is 0 Å². The Kier molecular flexibility index (Phi) is 2.80. The Hall–Kier alpha value is -1.25. The van der Waals surface area contributed by atoms with Crippen LogP contribution < -0.4 is 10.6 Å². The van der Waals surface area contributed by atoms with Crippen LogP contribution in [0, 0.1) is 11.7 Å². The summed E-state index contributed by atoms with van der Waals surface area (Å²) in [5.74, 6) is 0.437. The molecule has 1 unspecified atom stereocenters. The van der Waals surface area contributed by atoms with Crippen LogP contribution in [0.3, 0.4) is 0 Å². The lowest BCUT2D eigenvalue weighted by molar-refractivity contribution is 0.446. The summed E-state index contributed by atoms with van der Waals surface area (Å²) in [7, 11) is 0. The van der Waals surface area contributed by atoms with Gasteiger partial charge in [-0.3, -0.25) is 0 Å². The Balaban J connectivity index is 2.20. The van der Waals surface area contributed by atoms with Gasteiger partial charge in [0, 0.05) is 24.5 Å². The third kappa shape index (κ3) is 2.41. The van der Waals surface area contributed by atoms with Crippen LogP contribution in [0.4, 0.5) is 15.8 Å². The molecule has 82 valence electrons. The van der Waals surface area contributed by atoms with E-state index in [1.54, 1.807) is 6.07 Å². The van der Waals surface area contributed by atoms with Crippen LogP contribution in [0.25, 0.3) is 0 Å². The van der Waals surface area contributed by atoms with Gasteiger partial charge in [-0.1, -0.05) is 6.92 Å². The number of nitrogen functional groups attached to an aromatic ring is 1. The average Bonchev–Trinajstić information content (AvgIpc) is 2.16. The molecular formula is C12H17FN2. The number of anilines is 2. The van der Waals surface area contributed by atoms with Gasteiger partial charge in [0.25, 0.3) is 0 Å². The van der Waals surface area contributed by atoms with Gasteiger partial charge in [-0.05, 0) is 37.0 Å². The Labute approximate surface area is 89.9 Å². The first-order chi connectivity index (χ1) is 7.15. The van der Waals surface area contributed by atoms with E-state index < -0.39 is 0 Å². The summed E-state index contributed by atoms with van der Waals surface area (Å²) < 4.78 is 13.2. The van der Waals surface area contributed by atoms with Crippen molar-refractivity contribution < 1.29 is 4.39 Å². The Morgan fingerprint density at radius 3 is 2.87 bits per heavy atom. The Morgan fingerprint density at radius 2 is 2.20 bits per heavy atom. The van der Waals surface area contributed by atoms with Gasteiger partial charge in [0.2, 0.25) is 0 Å². The number of nitrogens with zero attached hydrogens (tertiary/aromatic N) is 1. The van der Waals surface area contributed by atoms with Gasteiger partial charge >= 0.3 is 0 Å². The van der Waals surface area contributed by atoms with Crippen molar-refractivity contribution in [2.75, 3.05) is 23.7 Å². The topological polar surface area (TPSA) is 29.3 Å². The van der Waals surface area contributed by atoms with Crippen LogP contribution in [-0.2, 0) is 0 Å². The predicted molar refractivity (Wildman–Crippen MR) is 61.4 cm³/mol. The number of piperidine rings is 1. The lowest BCUT2D eigenvalue weighted by atomic mass is 10.00. The normalized spacial score (nSPS) is 21.7.